The highest BCUT2D eigenvalue weighted by Gasteiger charge is 2.19. The molecule has 0 saturated carbocycles. The van der Waals surface area contributed by atoms with Crippen LogP contribution in [0.2, 0.25) is 0 Å². The van der Waals surface area contributed by atoms with E-state index in [2.05, 4.69) is 27.6 Å². The van der Waals surface area contributed by atoms with Gasteiger partial charge in [0.2, 0.25) is 0 Å². The molecule has 100 valence electrons. The van der Waals surface area contributed by atoms with Gasteiger partial charge in [-0.05, 0) is 40.3 Å². The van der Waals surface area contributed by atoms with E-state index in [1.54, 1.807) is 0 Å². The van der Waals surface area contributed by atoms with Crippen LogP contribution in [0.15, 0.2) is 0 Å². The molecular formula is C12H20N4OS. The third-order valence-corrected chi connectivity index (χ3v) is 4.20. The second kappa shape index (κ2) is 5.67. The lowest BCUT2D eigenvalue weighted by molar-refractivity contribution is 0.216. The van der Waals surface area contributed by atoms with Crippen LogP contribution in [0.1, 0.15) is 23.4 Å². The number of amides is 2. The molecule has 1 aliphatic heterocycles. The Balaban J connectivity index is 1.84. The summed E-state index contributed by atoms with van der Waals surface area (Å²) in [6.07, 6.45) is 2.19. The van der Waals surface area contributed by atoms with Crippen molar-refractivity contribution < 1.29 is 4.79 Å². The summed E-state index contributed by atoms with van der Waals surface area (Å²) in [6.45, 7) is 5.99. The summed E-state index contributed by atoms with van der Waals surface area (Å²) in [7, 11) is 2.08. The van der Waals surface area contributed by atoms with E-state index in [0.29, 0.717) is 5.13 Å². The Morgan fingerprint density at radius 1 is 1.50 bits per heavy atom. The fourth-order valence-corrected chi connectivity index (χ4v) is 2.94. The number of anilines is 1. The van der Waals surface area contributed by atoms with Crippen molar-refractivity contribution in [1.29, 1.82) is 0 Å². The second-order valence-electron chi connectivity index (χ2n) is 4.86. The fraction of sp³-hybridized carbons (Fsp3) is 0.667. The van der Waals surface area contributed by atoms with Crippen molar-refractivity contribution in [2.75, 3.05) is 25.5 Å². The van der Waals surface area contributed by atoms with Gasteiger partial charge in [-0.15, -0.1) is 11.3 Å². The zero-order valence-corrected chi connectivity index (χ0v) is 11.9. The molecule has 1 atom stereocenters. The first-order valence-electron chi connectivity index (χ1n) is 6.24. The highest BCUT2D eigenvalue weighted by atomic mass is 32.1. The summed E-state index contributed by atoms with van der Waals surface area (Å²) in [5.41, 5.74) is 0.979. The van der Waals surface area contributed by atoms with E-state index in [1.807, 2.05) is 13.8 Å². The van der Waals surface area contributed by atoms with Crippen LogP contribution in [0.4, 0.5) is 9.93 Å². The van der Waals surface area contributed by atoms with E-state index >= 15 is 0 Å². The van der Waals surface area contributed by atoms with Crippen LogP contribution in [0.3, 0.4) is 0 Å². The van der Waals surface area contributed by atoms with Crippen molar-refractivity contribution in [2.45, 2.75) is 32.7 Å². The number of nitrogens with zero attached hydrogens (tertiary/aromatic N) is 2. The number of urea groups is 1. The number of hydrogen-bond donors (Lipinski definition) is 2. The van der Waals surface area contributed by atoms with Gasteiger partial charge in [0.15, 0.2) is 5.13 Å². The summed E-state index contributed by atoms with van der Waals surface area (Å²) in [6, 6.07) is 0.0926. The van der Waals surface area contributed by atoms with E-state index < -0.39 is 0 Å². The van der Waals surface area contributed by atoms with Gasteiger partial charge in [-0.2, -0.15) is 0 Å². The fourth-order valence-electron chi connectivity index (χ4n) is 2.13. The number of likely N-dealkylation sites (N-methyl/N-ethyl adjacent to an activating group) is 1. The molecule has 1 aliphatic rings. The van der Waals surface area contributed by atoms with Gasteiger partial charge in [0.1, 0.15) is 0 Å². The zero-order valence-electron chi connectivity index (χ0n) is 11.1. The molecule has 2 rings (SSSR count). The molecule has 2 amide bonds. The molecule has 1 aromatic heterocycles. The molecular weight excluding hydrogens is 248 g/mol. The number of likely N-dealkylation sites (tertiary alicyclic amines) is 1. The third kappa shape index (κ3) is 3.43. The number of carbonyl (C=O) groups is 1. The number of aromatic nitrogens is 1. The lowest BCUT2D eigenvalue weighted by atomic mass is 10.1. The van der Waals surface area contributed by atoms with Crippen molar-refractivity contribution in [3.8, 4) is 0 Å². The maximum Gasteiger partial charge on any atom is 0.321 e. The zero-order chi connectivity index (χ0) is 13.1. The Hall–Kier alpha value is -1.14. The number of nitrogens with one attached hydrogen (secondary N) is 2. The van der Waals surface area contributed by atoms with E-state index in [9.17, 15) is 4.79 Å². The summed E-state index contributed by atoms with van der Waals surface area (Å²) in [5, 5.41) is 6.48. The van der Waals surface area contributed by atoms with Crippen molar-refractivity contribution in [1.82, 2.24) is 15.2 Å². The maximum atomic E-state index is 11.8. The summed E-state index contributed by atoms with van der Waals surface area (Å²) in [5.74, 6) is 0. The normalized spacial score (nSPS) is 20.7. The number of aryl methyl sites for hydroxylation is 2. The Morgan fingerprint density at radius 2 is 2.28 bits per heavy atom. The number of thiazole rings is 1. The third-order valence-electron chi connectivity index (χ3n) is 3.21. The van der Waals surface area contributed by atoms with E-state index in [1.165, 1.54) is 11.3 Å². The minimum atomic E-state index is -0.149. The van der Waals surface area contributed by atoms with Crippen molar-refractivity contribution in [2.24, 2.45) is 0 Å². The van der Waals surface area contributed by atoms with Gasteiger partial charge in [-0.1, -0.05) is 0 Å². The van der Waals surface area contributed by atoms with Gasteiger partial charge >= 0.3 is 6.03 Å². The number of hydrogen-bond acceptors (Lipinski definition) is 4. The molecule has 0 aromatic carbocycles. The van der Waals surface area contributed by atoms with Crippen LogP contribution in [0.5, 0.6) is 0 Å². The molecule has 6 heteroatoms. The molecule has 0 radical (unpaired) electrons. The van der Waals surface area contributed by atoms with Crippen molar-refractivity contribution in [3.63, 3.8) is 0 Å². The number of piperidine rings is 1. The first-order valence-corrected chi connectivity index (χ1v) is 7.06. The highest BCUT2D eigenvalue weighted by molar-refractivity contribution is 7.15. The SMILES string of the molecule is Cc1nc(NC(=O)N[C@H]2CCCN(C)C2)sc1C. The van der Waals surface area contributed by atoms with Gasteiger partial charge < -0.3 is 10.2 Å². The smallest absolute Gasteiger partial charge is 0.321 e. The van der Waals surface area contributed by atoms with Gasteiger partial charge in [0, 0.05) is 17.5 Å². The first-order chi connectivity index (χ1) is 8.54. The maximum absolute atomic E-state index is 11.8. The Bertz CT molecular complexity index is 412. The average molecular weight is 268 g/mol. The highest BCUT2D eigenvalue weighted by Crippen LogP contribution is 2.20. The van der Waals surface area contributed by atoms with E-state index in [-0.39, 0.29) is 12.1 Å². The van der Waals surface area contributed by atoms with Crippen LogP contribution in [0.25, 0.3) is 0 Å². The second-order valence-corrected chi connectivity index (χ2v) is 6.06. The first kappa shape index (κ1) is 13.3. The van der Waals surface area contributed by atoms with Crippen LogP contribution >= 0.6 is 11.3 Å². The Morgan fingerprint density at radius 3 is 2.89 bits per heavy atom. The van der Waals surface area contributed by atoms with Crippen LogP contribution in [-0.2, 0) is 0 Å². The molecule has 1 saturated heterocycles. The molecule has 5 nitrogen and oxygen atoms in total. The molecule has 0 aliphatic carbocycles. The van der Waals surface area contributed by atoms with Crippen LogP contribution < -0.4 is 10.6 Å². The van der Waals surface area contributed by atoms with Crippen molar-refractivity contribution >= 4 is 22.5 Å². The summed E-state index contributed by atoms with van der Waals surface area (Å²) >= 11 is 1.51. The molecule has 18 heavy (non-hydrogen) atoms. The summed E-state index contributed by atoms with van der Waals surface area (Å²) in [4.78, 5) is 19.5. The van der Waals surface area contributed by atoms with Gasteiger partial charge in [-0.25, -0.2) is 9.78 Å². The number of rotatable bonds is 2. The predicted molar refractivity (Wildman–Crippen MR) is 74.3 cm³/mol. The summed E-state index contributed by atoms with van der Waals surface area (Å²) < 4.78 is 0. The van der Waals surface area contributed by atoms with Crippen molar-refractivity contribution in [3.05, 3.63) is 10.6 Å². The largest absolute Gasteiger partial charge is 0.334 e. The minimum absolute atomic E-state index is 0.149. The average Bonchev–Trinajstić information content (AvgIpc) is 2.57. The molecule has 1 aromatic rings. The molecule has 2 N–H and O–H groups in total. The molecule has 0 spiro atoms. The van der Waals surface area contributed by atoms with Gasteiger partial charge in [-0.3, -0.25) is 5.32 Å². The molecule has 0 bridgehead atoms. The van der Waals surface area contributed by atoms with Gasteiger partial charge in [0.25, 0.3) is 0 Å². The predicted octanol–water partition coefficient (Wildman–Crippen LogP) is 1.98. The molecule has 2 heterocycles. The van der Waals surface area contributed by atoms with Crippen LogP contribution in [0, 0.1) is 13.8 Å². The van der Waals surface area contributed by atoms with Gasteiger partial charge in [0.05, 0.1) is 5.69 Å². The standard InChI is InChI=1S/C12H20N4OS/c1-8-9(2)18-12(13-8)15-11(17)14-10-5-4-6-16(3)7-10/h10H,4-7H2,1-3H3,(H2,13,14,15,17)/t10-/m0/s1. The Kier molecular flexibility index (Phi) is 4.19. The molecule has 1 fully saturated rings. The van der Waals surface area contributed by atoms with Crippen LogP contribution in [-0.4, -0.2) is 42.1 Å². The topological polar surface area (TPSA) is 57.3 Å². The number of carbonyl (C=O) groups excluding carboxylic acids is 1. The molecule has 0 unspecified atom stereocenters. The van der Waals surface area contributed by atoms with E-state index in [0.717, 1.165) is 36.5 Å². The Labute approximate surface area is 112 Å². The van der Waals surface area contributed by atoms with E-state index in [4.69, 9.17) is 0 Å². The monoisotopic (exact) mass is 268 g/mol. The quantitative estimate of drug-likeness (QED) is 0.862. The lowest BCUT2D eigenvalue weighted by Crippen LogP contribution is -2.47. The minimum Gasteiger partial charge on any atom is -0.334 e. The lowest BCUT2D eigenvalue weighted by Gasteiger charge is -2.30.